The Morgan fingerprint density at radius 2 is 2.16 bits per heavy atom. The maximum absolute atomic E-state index is 12.3. The molecule has 1 amide bonds. The number of aliphatic carboxylic acids is 1. The second-order valence-corrected chi connectivity index (χ2v) is 4.53. The molecule has 0 aliphatic carbocycles. The van der Waals surface area contributed by atoms with Crippen LogP contribution in [0.25, 0.3) is 0 Å². The lowest BCUT2D eigenvalue weighted by Gasteiger charge is -2.22. The molecule has 102 valence electrons. The van der Waals surface area contributed by atoms with Gasteiger partial charge in [-0.15, -0.1) is 0 Å². The van der Waals surface area contributed by atoms with E-state index in [1.54, 1.807) is 24.3 Å². The summed E-state index contributed by atoms with van der Waals surface area (Å²) in [6.07, 6.45) is 0.0340. The number of nitrogens with zero attached hydrogens (tertiary/aromatic N) is 1. The zero-order valence-electron chi connectivity index (χ0n) is 11.0. The molecule has 0 aromatic heterocycles. The van der Waals surface area contributed by atoms with Gasteiger partial charge in [0.05, 0.1) is 0 Å². The highest BCUT2D eigenvalue weighted by Crippen LogP contribution is 2.36. The molecule has 5 nitrogen and oxygen atoms in total. The lowest BCUT2D eigenvalue weighted by Crippen LogP contribution is -2.39. The molecule has 5 heteroatoms. The largest absolute Gasteiger partial charge is 0.481 e. The van der Waals surface area contributed by atoms with Crippen molar-refractivity contribution in [1.82, 2.24) is 0 Å². The van der Waals surface area contributed by atoms with E-state index in [1.807, 2.05) is 6.92 Å². The summed E-state index contributed by atoms with van der Waals surface area (Å²) in [6, 6.07) is 7.13. The fourth-order valence-corrected chi connectivity index (χ4v) is 2.44. The van der Waals surface area contributed by atoms with Crippen LogP contribution in [0, 0.1) is 0 Å². The van der Waals surface area contributed by atoms with Crippen molar-refractivity contribution in [3.8, 4) is 0 Å². The highest BCUT2D eigenvalue weighted by atomic mass is 16.5. The predicted molar refractivity (Wildman–Crippen MR) is 70.3 cm³/mol. The molecular formula is C14H17NO4. The average molecular weight is 263 g/mol. The molecular weight excluding hydrogens is 246 g/mol. The molecule has 0 radical (unpaired) electrons. The molecule has 1 N–H and O–H groups in total. The van der Waals surface area contributed by atoms with Gasteiger partial charge in [-0.1, -0.05) is 25.1 Å². The Bertz CT molecular complexity index is 496. The molecule has 0 saturated heterocycles. The van der Waals surface area contributed by atoms with Crippen molar-refractivity contribution < 1.29 is 19.4 Å². The van der Waals surface area contributed by atoms with Crippen LogP contribution in [-0.4, -0.2) is 36.7 Å². The molecule has 0 unspecified atom stereocenters. The Morgan fingerprint density at radius 1 is 1.47 bits per heavy atom. The Balaban J connectivity index is 2.35. The second-order valence-electron chi connectivity index (χ2n) is 4.53. The standard InChI is InChI=1S/C14H17NO4/c1-3-12(19-2)13(16)15-8-10(14(17)18)9-6-4-5-7-11(9)15/h4-7,10,12H,3,8H2,1-2H3,(H,17,18)/t10-,12-/m1/s1. The summed E-state index contributed by atoms with van der Waals surface area (Å²) in [5.41, 5.74) is 1.37. The quantitative estimate of drug-likeness (QED) is 0.896. The summed E-state index contributed by atoms with van der Waals surface area (Å²) in [7, 11) is 1.49. The van der Waals surface area contributed by atoms with Crippen LogP contribution in [0.15, 0.2) is 24.3 Å². The third kappa shape index (κ3) is 2.33. The molecule has 1 aromatic carbocycles. The number of hydrogen-bond donors (Lipinski definition) is 1. The maximum Gasteiger partial charge on any atom is 0.312 e. The van der Waals surface area contributed by atoms with Crippen molar-refractivity contribution in [2.75, 3.05) is 18.6 Å². The summed E-state index contributed by atoms with van der Waals surface area (Å²) in [4.78, 5) is 25.1. The molecule has 1 aromatic rings. The number of hydrogen-bond acceptors (Lipinski definition) is 3. The summed E-state index contributed by atoms with van der Waals surface area (Å²) >= 11 is 0. The predicted octanol–water partition coefficient (Wildman–Crippen LogP) is 1.63. The number of anilines is 1. The molecule has 0 bridgehead atoms. The zero-order chi connectivity index (χ0) is 14.0. The second kappa shape index (κ2) is 5.40. The van der Waals surface area contributed by atoms with Crippen molar-refractivity contribution in [3.63, 3.8) is 0 Å². The minimum Gasteiger partial charge on any atom is -0.481 e. The van der Waals surface area contributed by atoms with Crippen LogP contribution in [0.2, 0.25) is 0 Å². The number of amides is 1. The van der Waals surface area contributed by atoms with Crippen molar-refractivity contribution >= 4 is 17.6 Å². The Morgan fingerprint density at radius 3 is 2.74 bits per heavy atom. The molecule has 19 heavy (non-hydrogen) atoms. The lowest BCUT2D eigenvalue weighted by atomic mass is 10.0. The Labute approximate surface area is 111 Å². The first-order chi connectivity index (χ1) is 9.10. The molecule has 0 fully saturated rings. The number of carbonyl (C=O) groups excluding carboxylic acids is 1. The Hall–Kier alpha value is -1.88. The number of carbonyl (C=O) groups is 2. The van der Waals surface area contributed by atoms with E-state index in [1.165, 1.54) is 12.0 Å². The van der Waals surface area contributed by atoms with Gasteiger partial charge in [-0.05, 0) is 18.1 Å². The zero-order valence-corrected chi connectivity index (χ0v) is 11.0. The van der Waals surface area contributed by atoms with Crippen LogP contribution < -0.4 is 4.90 Å². The highest BCUT2D eigenvalue weighted by molar-refractivity contribution is 6.01. The van der Waals surface area contributed by atoms with Crippen molar-refractivity contribution in [2.45, 2.75) is 25.4 Å². The van der Waals surface area contributed by atoms with Crippen molar-refractivity contribution in [2.24, 2.45) is 0 Å². The van der Waals surface area contributed by atoms with Gasteiger partial charge in [0.25, 0.3) is 5.91 Å². The van der Waals surface area contributed by atoms with E-state index in [0.717, 1.165) is 0 Å². The minimum absolute atomic E-state index is 0.174. The van der Waals surface area contributed by atoms with Gasteiger partial charge in [-0.3, -0.25) is 9.59 Å². The van der Waals surface area contributed by atoms with Gasteiger partial charge in [0.1, 0.15) is 12.0 Å². The van der Waals surface area contributed by atoms with Crippen LogP contribution in [-0.2, 0) is 14.3 Å². The number of para-hydroxylation sites is 1. The van der Waals surface area contributed by atoms with E-state index in [4.69, 9.17) is 4.74 Å². The molecule has 0 saturated carbocycles. The van der Waals surface area contributed by atoms with Crippen LogP contribution in [0.5, 0.6) is 0 Å². The van der Waals surface area contributed by atoms with E-state index in [9.17, 15) is 14.7 Å². The molecule has 0 spiro atoms. The van der Waals surface area contributed by atoms with E-state index >= 15 is 0 Å². The first-order valence-electron chi connectivity index (χ1n) is 6.26. The van der Waals surface area contributed by atoms with Crippen LogP contribution >= 0.6 is 0 Å². The number of benzene rings is 1. The molecule has 2 rings (SSSR count). The third-order valence-corrected chi connectivity index (χ3v) is 3.46. The number of ether oxygens (including phenoxy) is 1. The summed E-state index contributed by atoms with van der Waals surface area (Å²) in [6.45, 7) is 2.04. The highest BCUT2D eigenvalue weighted by Gasteiger charge is 2.38. The van der Waals surface area contributed by atoms with E-state index in [2.05, 4.69) is 0 Å². The summed E-state index contributed by atoms with van der Waals surface area (Å²) < 4.78 is 5.15. The summed E-state index contributed by atoms with van der Waals surface area (Å²) in [5, 5.41) is 9.24. The molecule has 1 heterocycles. The number of fused-ring (bicyclic) bond motifs is 1. The van der Waals surface area contributed by atoms with Gasteiger partial charge < -0.3 is 14.7 Å². The van der Waals surface area contributed by atoms with Gasteiger partial charge in [0.2, 0.25) is 0 Å². The summed E-state index contributed by atoms with van der Waals surface area (Å²) in [5.74, 6) is -1.75. The molecule has 1 aliphatic rings. The SMILES string of the molecule is CC[C@@H](OC)C(=O)N1C[C@@H](C(=O)O)c2ccccc21. The Kier molecular flexibility index (Phi) is 3.85. The van der Waals surface area contributed by atoms with Gasteiger partial charge in [-0.25, -0.2) is 0 Å². The number of carboxylic acids is 1. The van der Waals surface area contributed by atoms with Gasteiger partial charge >= 0.3 is 5.97 Å². The van der Waals surface area contributed by atoms with Gasteiger partial charge in [0.15, 0.2) is 0 Å². The topological polar surface area (TPSA) is 66.8 Å². The van der Waals surface area contributed by atoms with E-state index < -0.39 is 18.0 Å². The minimum atomic E-state index is -0.909. The van der Waals surface area contributed by atoms with Crippen molar-refractivity contribution in [3.05, 3.63) is 29.8 Å². The average Bonchev–Trinajstić information content (AvgIpc) is 2.79. The van der Waals surface area contributed by atoms with E-state index in [0.29, 0.717) is 17.7 Å². The third-order valence-electron chi connectivity index (χ3n) is 3.46. The number of methoxy groups -OCH3 is 1. The molecule has 2 atom stereocenters. The van der Waals surface area contributed by atoms with Crippen LogP contribution in [0.1, 0.15) is 24.8 Å². The van der Waals surface area contributed by atoms with E-state index in [-0.39, 0.29) is 12.5 Å². The lowest BCUT2D eigenvalue weighted by molar-refractivity contribution is -0.138. The monoisotopic (exact) mass is 263 g/mol. The van der Waals surface area contributed by atoms with Crippen molar-refractivity contribution in [1.29, 1.82) is 0 Å². The van der Waals surface area contributed by atoms with Gasteiger partial charge in [0, 0.05) is 19.3 Å². The fourth-order valence-electron chi connectivity index (χ4n) is 2.44. The number of carboxylic acid groups (broad SMARTS) is 1. The molecule has 1 aliphatic heterocycles. The first-order valence-corrected chi connectivity index (χ1v) is 6.26. The normalized spacial score (nSPS) is 19.1. The number of rotatable bonds is 4. The van der Waals surface area contributed by atoms with Crippen LogP contribution in [0.4, 0.5) is 5.69 Å². The maximum atomic E-state index is 12.3. The first kappa shape index (κ1) is 13.5. The van der Waals surface area contributed by atoms with Crippen LogP contribution in [0.3, 0.4) is 0 Å². The van der Waals surface area contributed by atoms with Gasteiger partial charge in [-0.2, -0.15) is 0 Å². The smallest absolute Gasteiger partial charge is 0.312 e. The fraction of sp³-hybridized carbons (Fsp3) is 0.429.